The number of nitrogens with one attached hydrogen (secondary N) is 2. The first kappa shape index (κ1) is 19.2. The van der Waals surface area contributed by atoms with Crippen LogP contribution in [0.1, 0.15) is 63.9 Å². The number of nitro benzene ring substituents is 1. The number of nitriles is 1. The molecule has 1 aromatic rings. The molecule has 2 fully saturated rings. The number of nitrogens with zero attached hydrogens (tertiary/aromatic N) is 2. The molecule has 1 amide bonds. The Morgan fingerprint density at radius 3 is 2.48 bits per heavy atom. The highest BCUT2D eigenvalue weighted by Crippen LogP contribution is 2.44. The molecule has 2 N–H and O–H groups in total. The van der Waals surface area contributed by atoms with E-state index in [1.807, 2.05) is 6.07 Å². The number of hydrogen-bond acceptors (Lipinski definition) is 5. The maximum Gasteiger partial charge on any atom is 0.292 e. The standard InChI is InChI=1S/C20H26N4O3/c1-2-20(10-3-11-20)19(25)23-16-7-5-15(6-8-16)22-17-12-14(13-21)4-9-18(17)24(26)27/h4,9,12,15-16,22H,2-3,5-8,10-11H2,1H3,(H,23,25). The Labute approximate surface area is 159 Å². The van der Waals surface area contributed by atoms with Crippen LogP contribution in [-0.2, 0) is 4.79 Å². The zero-order valence-corrected chi connectivity index (χ0v) is 15.7. The highest BCUT2D eigenvalue weighted by atomic mass is 16.6. The van der Waals surface area contributed by atoms with Crippen LogP contribution < -0.4 is 10.6 Å². The van der Waals surface area contributed by atoms with Crippen LogP contribution in [0, 0.1) is 26.9 Å². The van der Waals surface area contributed by atoms with Crippen molar-refractivity contribution in [2.24, 2.45) is 5.41 Å². The molecule has 0 atom stereocenters. The molecule has 0 radical (unpaired) electrons. The molecule has 0 spiro atoms. The Morgan fingerprint density at radius 1 is 1.30 bits per heavy atom. The lowest BCUT2D eigenvalue weighted by molar-refractivity contribution is -0.384. The number of anilines is 1. The third-order valence-electron chi connectivity index (χ3n) is 6.21. The highest BCUT2D eigenvalue weighted by Gasteiger charge is 2.43. The fourth-order valence-electron chi connectivity index (χ4n) is 4.17. The lowest BCUT2D eigenvalue weighted by atomic mass is 9.66. The lowest BCUT2D eigenvalue weighted by Gasteiger charge is -2.41. The van der Waals surface area contributed by atoms with Crippen molar-refractivity contribution >= 4 is 17.3 Å². The van der Waals surface area contributed by atoms with Gasteiger partial charge in [0.15, 0.2) is 0 Å². The van der Waals surface area contributed by atoms with Gasteiger partial charge in [-0.25, -0.2) is 0 Å². The molecular weight excluding hydrogens is 344 g/mol. The van der Waals surface area contributed by atoms with Crippen molar-refractivity contribution < 1.29 is 9.72 Å². The molecule has 0 heterocycles. The Bertz CT molecular complexity index is 753. The first-order valence-corrected chi connectivity index (χ1v) is 9.73. The van der Waals surface area contributed by atoms with Crippen LogP contribution in [0.2, 0.25) is 0 Å². The smallest absolute Gasteiger partial charge is 0.292 e. The first-order chi connectivity index (χ1) is 13.0. The summed E-state index contributed by atoms with van der Waals surface area (Å²) < 4.78 is 0. The molecule has 0 unspecified atom stereocenters. The van der Waals surface area contributed by atoms with Crippen LogP contribution in [0.5, 0.6) is 0 Å². The van der Waals surface area contributed by atoms with Crippen molar-refractivity contribution in [2.75, 3.05) is 5.32 Å². The van der Waals surface area contributed by atoms with Crippen LogP contribution >= 0.6 is 0 Å². The SMILES string of the molecule is CCC1(C(=O)NC2CCC(Nc3cc(C#N)ccc3[N+](=O)[O-])CC2)CCC1. The van der Waals surface area contributed by atoms with E-state index in [1.165, 1.54) is 18.2 Å². The van der Waals surface area contributed by atoms with Crippen LogP contribution in [0.25, 0.3) is 0 Å². The summed E-state index contributed by atoms with van der Waals surface area (Å²) in [6.07, 6.45) is 7.39. The maximum absolute atomic E-state index is 12.6. The van der Waals surface area contributed by atoms with Crippen LogP contribution in [0.3, 0.4) is 0 Å². The second kappa shape index (κ2) is 7.95. The summed E-state index contributed by atoms with van der Waals surface area (Å²) in [5, 5.41) is 26.7. The van der Waals surface area contributed by atoms with Crippen LogP contribution in [0.4, 0.5) is 11.4 Å². The zero-order valence-electron chi connectivity index (χ0n) is 15.7. The Morgan fingerprint density at radius 2 is 1.96 bits per heavy atom. The van der Waals surface area contributed by atoms with E-state index >= 15 is 0 Å². The molecule has 2 aliphatic carbocycles. The summed E-state index contributed by atoms with van der Waals surface area (Å²) in [5.74, 6) is 0.199. The van der Waals surface area contributed by atoms with Crippen molar-refractivity contribution in [1.82, 2.24) is 5.32 Å². The summed E-state index contributed by atoms with van der Waals surface area (Å²) in [6, 6.07) is 6.67. The van der Waals surface area contributed by atoms with Gasteiger partial charge >= 0.3 is 0 Å². The predicted molar refractivity (Wildman–Crippen MR) is 102 cm³/mol. The van der Waals surface area contributed by atoms with Crippen molar-refractivity contribution in [3.05, 3.63) is 33.9 Å². The van der Waals surface area contributed by atoms with Gasteiger partial charge in [-0.05, 0) is 57.1 Å². The second-order valence-corrected chi connectivity index (χ2v) is 7.75. The number of hydrogen-bond donors (Lipinski definition) is 2. The molecule has 27 heavy (non-hydrogen) atoms. The van der Waals surface area contributed by atoms with Gasteiger partial charge in [0.2, 0.25) is 5.91 Å². The fourth-order valence-corrected chi connectivity index (χ4v) is 4.17. The maximum atomic E-state index is 12.6. The minimum Gasteiger partial charge on any atom is -0.377 e. The minimum atomic E-state index is -0.432. The zero-order chi connectivity index (χ0) is 19.4. The van der Waals surface area contributed by atoms with E-state index in [2.05, 4.69) is 17.6 Å². The van der Waals surface area contributed by atoms with E-state index in [1.54, 1.807) is 0 Å². The van der Waals surface area contributed by atoms with E-state index in [-0.39, 0.29) is 29.1 Å². The number of benzene rings is 1. The van der Waals surface area contributed by atoms with Gasteiger partial charge < -0.3 is 10.6 Å². The molecule has 0 saturated heterocycles. The van der Waals surface area contributed by atoms with Crippen LogP contribution in [-0.4, -0.2) is 22.9 Å². The molecule has 1 aromatic carbocycles. The summed E-state index contributed by atoms with van der Waals surface area (Å²) in [4.78, 5) is 23.4. The molecular formula is C20H26N4O3. The third-order valence-corrected chi connectivity index (χ3v) is 6.21. The van der Waals surface area contributed by atoms with Gasteiger partial charge in [-0.1, -0.05) is 13.3 Å². The number of nitro groups is 1. The third kappa shape index (κ3) is 4.05. The summed E-state index contributed by atoms with van der Waals surface area (Å²) >= 11 is 0. The Kier molecular flexibility index (Phi) is 5.64. The number of carbonyl (C=O) groups excluding carboxylic acids is 1. The quantitative estimate of drug-likeness (QED) is 0.583. The molecule has 7 heteroatoms. The Balaban J connectivity index is 1.56. The summed E-state index contributed by atoms with van der Waals surface area (Å²) in [7, 11) is 0. The molecule has 7 nitrogen and oxygen atoms in total. The van der Waals surface area contributed by atoms with Crippen LogP contribution in [0.15, 0.2) is 18.2 Å². The first-order valence-electron chi connectivity index (χ1n) is 9.73. The summed E-state index contributed by atoms with van der Waals surface area (Å²) in [6.45, 7) is 2.09. The molecule has 0 aromatic heterocycles. The number of rotatable bonds is 6. The van der Waals surface area contributed by atoms with Gasteiger partial charge in [-0.3, -0.25) is 14.9 Å². The van der Waals surface area contributed by atoms with Gasteiger partial charge in [-0.2, -0.15) is 5.26 Å². The average Bonchev–Trinajstić information content (AvgIpc) is 2.62. The monoisotopic (exact) mass is 370 g/mol. The van der Waals surface area contributed by atoms with E-state index in [9.17, 15) is 14.9 Å². The lowest BCUT2D eigenvalue weighted by Crippen LogP contribution is -2.50. The molecule has 2 aliphatic rings. The molecule has 3 rings (SSSR count). The van der Waals surface area contributed by atoms with Crippen molar-refractivity contribution in [2.45, 2.75) is 70.4 Å². The average molecular weight is 370 g/mol. The van der Waals surface area contributed by atoms with Crippen molar-refractivity contribution in [3.8, 4) is 6.07 Å². The van der Waals surface area contributed by atoms with Gasteiger partial charge in [0.05, 0.1) is 16.6 Å². The molecule has 144 valence electrons. The second-order valence-electron chi connectivity index (χ2n) is 7.75. The normalized spacial score (nSPS) is 23.6. The number of carbonyl (C=O) groups is 1. The van der Waals surface area contributed by atoms with E-state index in [0.29, 0.717) is 11.3 Å². The minimum absolute atomic E-state index is 0.0145. The summed E-state index contributed by atoms with van der Waals surface area (Å²) in [5.41, 5.74) is 0.632. The Hall–Kier alpha value is -2.62. The van der Waals surface area contributed by atoms with Crippen molar-refractivity contribution in [3.63, 3.8) is 0 Å². The van der Waals surface area contributed by atoms with E-state index in [4.69, 9.17) is 5.26 Å². The molecule has 0 bridgehead atoms. The predicted octanol–water partition coefficient (Wildman–Crippen LogP) is 3.89. The van der Waals surface area contributed by atoms with Gasteiger partial charge in [0, 0.05) is 23.6 Å². The van der Waals surface area contributed by atoms with Gasteiger partial charge in [0.25, 0.3) is 5.69 Å². The van der Waals surface area contributed by atoms with E-state index in [0.717, 1.165) is 51.4 Å². The highest BCUT2D eigenvalue weighted by molar-refractivity contribution is 5.83. The molecule has 2 saturated carbocycles. The van der Waals surface area contributed by atoms with Gasteiger partial charge in [-0.15, -0.1) is 0 Å². The molecule has 0 aliphatic heterocycles. The van der Waals surface area contributed by atoms with Crippen molar-refractivity contribution in [1.29, 1.82) is 5.26 Å². The van der Waals surface area contributed by atoms with E-state index < -0.39 is 4.92 Å². The topological polar surface area (TPSA) is 108 Å². The fraction of sp³-hybridized carbons (Fsp3) is 0.600. The number of amides is 1. The van der Waals surface area contributed by atoms with Gasteiger partial charge in [0.1, 0.15) is 5.69 Å². The largest absolute Gasteiger partial charge is 0.377 e.